The van der Waals surface area contributed by atoms with Crippen LogP contribution in [0.1, 0.15) is 21.5 Å². The van der Waals surface area contributed by atoms with E-state index < -0.39 is 0 Å². The Balaban J connectivity index is 2.12. The van der Waals surface area contributed by atoms with E-state index in [0.29, 0.717) is 5.56 Å². The lowest BCUT2D eigenvalue weighted by Crippen LogP contribution is -2.13. The molecule has 1 aromatic heterocycles. The highest BCUT2D eigenvalue weighted by Gasteiger charge is 2.09. The molecule has 0 aliphatic rings. The van der Waals surface area contributed by atoms with Crippen molar-refractivity contribution in [2.45, 2.75) is 18.7 Å². The van der Waals surface area contributed by atoms with Crippen LogP contribution in [-0.4, -0.2) is 16.7 Å². The summed E-state index contributed by atoms with van der Waals surface area (Å²) in [6, 6.07) is 11.9. The quantitative estimate of drug-likeness (QED) is 0.650. The molecule has 0 saturated carbocycles. The van der Waals surface area contributed by atoms with Crippen LogP contribution in [0.15, 0.2) is 46.3 Å². The zero-order valence-corrected chi connectivity index (χ0v) is 15.2. The van der Waals surface area contributed by atoms with Crippen LogP contribution < -0.4 is 4.80 Å². The molecule has 0 spiro atoms. The molecule has 0 N–H and O–H groups in total. The molecule has 3 nitrogen and oxygen atoms in total. The van der Waals surface area contributed by atoms with Gasteiger partial charge in [-0.3, -0.25) is 4.79 Å². The van der Waals surface area contributed by atoms with Crippen molar-refractivity contribution < 1.29 is 4.79 Å². The Hall–Kier alpha value is -1.85. The summed E-state index contributed by atoms with van der Waals surface area (Å²) in [4.78, 5) is 18.6. The Labute approximate surface area is 143 Å². The fourth-order valence-electron chi connectivity index (χ4n) is 2.58. The van der Waals surface area contributed by atoms with Gasteiger partial charge in [0.2, 0.25) is 0 Å². The van der Waals surface area contributed by atoms with Crippen LogP contribution >= 0.6 is 23.1 Å². The number of amides is 1. The highest BCUT2D eigenvalue weighted by molar-refractivity contribution is 7.98. The smallest absolute Gasteiger partial charge is 0.279 e. The number of thiazole rings is 1. The number of carbonyl (C=O) groups is 1. The lowest BCUT2D eigenvalue weighted by Gasteiger charge is -2.00. The third-order valence-corrected chi connectivity index (χ3v) is 5.76. The highest BCUT2D eigenvalue weighted by Crippen LogP contribution is 2.23. The van der Waals surface area contributed by atoms with E-state index in [1.165, 1.54) is 15.8 Å². The number of hydrogen-bond donors (Lipinski definition) is 0. The van der Waals surface area contributed by atoms with Crippen molar-refractivity contribution in [3.8, 4) is 0 Å². The molecule has 0 saturated heterocycles. The van der Waals surface area contributed by atoms with E-state index in [1.807, 2.05) is 42.1 Å². The number of fused-ring (bicyclic) bond motifs is 1. The summed E-state index contributed by atoms with van der Waals surface area (Å²) in [6.07, 6.45) is 2.00. The van der Waals surface area contributed by atoms with Crippen LogP contribution in [0, 0.1) is 13.8 Å². The maximum absolute atomic E-state index is 12.5. The lowest BCUT2D eigenvalue weighted by atomic mass is 10.1. The minimum atomic E-state index is -0.197. The number of benzene rings is 2. The number of carbonyl (C=O) groups excluding carboxylic acids is 1. The Bertz CT molecular complexity index is 967. The second kappa shape index (κ2) is 6.34. The van der Waals surface area contributed by atoms with Gasteiger partial charge in [0.25, 0.3) is 5.91 Å². The first-order valence-corrected chi connectivity index (χ1v) is 9.33. The molecule has 0 radical (unpaired) electrons. The highest BCUT2D eigenvalue weighted by atomic mass is 32.2. The Morgan fingerprint density at radius 3 is 2.74 bits per heavy atom. The van der Waals surface area contributed by atoms with E-state index in [9.17, 15) is 4.79 Å². The van der Waals surface area contributed by atoms with Crippen LogP contribution in [0.25, 0.3) is 10.2 Å². The third kappa shape index (κ3) is 3.12. The first-order chi connectivity index (χ1) is 11.0. The van der Waals surface area contributed by atoms with Gasteiger partial charge in [-0.15, -0.1) is 11.8 Å². The van der Waals surface area contributed by atoms with E-state index in [1.54, 1.807) is 23.1 Å². The van der Waals surface area contributed by atoms with Gasteiger partial charge in [-0.05, 0) is 55.5 Å². The van der Waals surface area contributed by atoms with Crippen LogP contribution in [-0.2, 0) is 7.05 Å². The van der Waals surface area contributed by atoms with Crippen LogP contribution in [0.5, 0.6) is 0 Å². The summed E-state index contributed by atoms with van der Waals surface area (Å²) < 4.78 is 3.18. The first kappa shape index (κ1) is 16.0. The fraction of sp³-hybridized carbons (Fsp3) is 0.222. The SMILES string of the molecule is CSc1cccc(C(=O)N=c2sc3c(C)cc(C)cc3n2C)c1. The van der Waals surface area contributed by atoms with Gasteiger partial charge in [-0.1, -0.05) is 23.5 Å². The molecule has 1 heterocycles. The van der Waals surface area contributed by atoms with Crippen molar-refractivity contribution >= 4 is 39.2 Å². The number of thioether (sulfide) groups is 1. The second-order valence-corrected chi connectivity index (χ2v) is 7.38. The Morgan fingerprint density at radius 1 is 1.22 bits per heavy atom. The van der Waals surface area contributed by atoms with Gasteiger partial charge in [0.1, 0.15) is 0 Å². The zero-order chi connectivity index (χ0) is 16.6. The molecular formula is C18H18N2OS2. The number of nitrogens with zero attached hydrogens (tertiary/aromatic N) is 2. The van der Waals surface area contributed by atoms with Crippen molar-refractivity contribution in [1.29, 1.82) is 0 Å². The molecule has 0 aliphatic heterocycles. The maximum Gasteiger partial charge on any atom is 0.279 e. The zero-order valence-electron chi connectivity index (χ0n) is 13.6. The van der Waals surface area contributed by atoms with Gasteiger partial charge >= 0.3 is 0 Å². The monoisotopic (exact) mass is 342 g/mol. The summed E-state index contributed by atoms with van der Waals surface area (Å²) in [6.45, 7) is 4.18. The largest absolute Gasteiger partial charge is 0.319 e. The molecule has 5 heteroatoms. The van der Waals surface area contributed by atoms with Crippen LogP contribution in [0.3, 0.4) is 0 Å². The molecule has 0 fully saturated rings. The first-order valence-electron chi connectivity index (χ1n) is 7.29. The third-order valence-electron chi connectivity index (χ3n) is 3.75. The summed E-state index contributed by atoms with van der Waals surface area (Å²) in [5, 5.41) is 0. The predicted molar refractivity (Wildman–Crippen MR) is 98.4 cm³/mol. The minimum Gasteiger partial charge on any atom is -0.319 e. The maximum atomic E-state index is 12.5. The molecule has 3 aromatic rings. The van der Waals surface area contributed by atoms with Crippen molar-refractivity contribution in [2.24, 2.45) is 12.0 Å². The molecule has 118 valence electrons. The van der Waals surface area contributed by atoms with Crippen LogP contribution in [0.2, 0.25) is 0 Å². The number of rotatable bonds is 2. The van der Waals surface area contributed by atoms with Gasteiger partial charge in [0, 0.05) is 17.5 Å². The van der Waals surface area contributed by atoms with Gasteiger partial charge in [0.05, 0.1) is 10.2 Å². The van der Waals surface area contributed by atoms with Gasteiger partial charge in [-0.25, -0.2) is 0 Å². The molecule has 2 aromatic carbocycles. The van der Waals surface area contributed by atoms with E-state index in [2.05, 4.69) is 31.0 Å². The van der Waals surface area contributed by atoms with Crippen molar-refractivity contribution in [1.82, 2.24) is 4.57 Å². The molecule has 0 bridgehead atoms. The molecule has 3 rings (SSSR count). The lowest BCUT2D eigenvalue weighted by molar-refractivity contribution is 0.0997. The van der Waals surface area contributed by atoms with E-state index >= 15 is 0 Å². The molecule has 0 unspecified atom stereocenters. The van der Waals surface area contributed by atoms with Gasteiger partial charge in [0.15, 0.2) is 4.80 Å². The standard InChI is InChI=1S/C18H18N2OS2/c1-11-8-12(2)16-15(9-11)20(3)18(23-16)19-17(21)13-6-5-7-14(10-13)22-4/h5-10H,1-4H3. The molecule has 23 heavy (non-hydrogen) atoms. The Kier molecular flexibility index (Phi) is 4.41. The molecule has 1 amide bonds. The van der Waals surface area contributed by atoms with Gasteiger partial charge in [-0.2, -0.15) is 4.99 Å². The van der Waals surface area contributed by atoms with E-state index in [0.717, 1.165) is 15.2 Å². The van der Waals surface area contributed by atoms with Crippen LogP contribution in [0.4, 0.5) is 0 Å². The summed E-state index contributed by atoms with van der Waals surface area (Å²) in [5.41, 5.74) is 4.19. The van der Waals surface area contributed by atoms with Crippen molar-refractivity contribution in [3.05, 3.63) is 57.9 Å². The molecular weight excluding hydrogens is 324 g/mol. The summed E-state index contributed by atoms with van der Waals surface area (Å²) >= 11 is 3.18. The average molecular weight is 342 g/mol. The summed E-state index contributed by atoms with van der Waals surface area (Å²) in [5.74, 6) is -0.197. The number of aryl methyl sites for hydroxylation is 3. The van der Waals surface area contributed by atoms with Crippen molar-refractivity contribution in [2.75, 3.05) is 6.26 Å². The van der Waals surface area contributed by atoms with Gasteiger partial charge < -0.3 is 4.57 Å². The normalized spacial score (nSPS) is 12.1. The second-order valence-electron chi connectivity index (χ2n) is 5.52. The fourth-order valence-corrected chi connectivity index (χ4v) is 4.11. The molecule has 0 atom stereocenters. The number of aromatic nitrogens is 1. The predicted octanol–water partition coefficient (Wildman–Crippen LogP) is 4.32. The minimum absolute atomic E-state index is 0.197. The number of hydrogen-bond acceptors (Lipinski definition) is 3. The van der Waals surface area contributed by atoms with E-state index in [4.69, 9.17) is 0 Å². The summed E-state index contributed by atoms with van der Waals surface area (Å²) in [7, 11) is 1.96. The van der Waals surface area contributed by atoms with E-state index in [-0.39, 0.29) is 5.91 Å². The topological polar surface area (TPSA) is 34.4 Å². The average Bonchev–Trinajstić information content (AvgIpc) is 2.84. The van der Waals surface area contributed by atoms with Crippen molar-refractivity contribution in [3.63, 3.8) is 0 Å². The Morgan fingerprint density at radius 2 is 2.00 bits per heavy atom. The molecule has 0 aliphatic carbocycles.